The predicted molar refractivity (Wildman–Crippen MR) is 151 cm³/mol. The monoisotopic (exact) mass is 558 g/mol. The van der Waals surface area contributed by atoms with Gasteiger partial charge >= 0.3 is 5.91 Å². The minimum absolute atomic E-state index is 0.0416. The summed E-state index contributed by atoms with van der Waals surface area (Å²) >= 11 is 1.27. The summed E-state index contributed by atoms with van der Waals surface area (Å²) in [7, 11) is 0. The summed E-state index contributed by atoms with van der Waals surface area (Å²) in [5.74, 6) is 0.456. The van der Waals surface area contributed by atoms with Crippen molar-refractivity contribution in [1.82, 2.24) is 4.98 Å². The molecule has 1 saturated heterocycles. The van der Waals surface area contributed by atoms with Gasteiger partial charge in [0.25, 0.3) is 5.78 Å². The van der Waals surface area contributed by atoms with Crippen LogP contribution < -0.4 is 23.8 Å². The number of fused-ring (bicyclic) bond motifs is 2. The maximum atomic E-state index is 13.6. The second kappa shape index (κ2) is 10.5. The van der Waals surface area contributed by atoms with E-state index in [1.165, 1.54) is 16.2 Å². The second-order valence-electron chi connectivity index (χ2n) is 9.09. The van der Waals surface area contributed by atoms with Gasteiger partial charge in [-0.15, -0.1) is 0 Å². The molecule has 10 heteroatoms. The molecule has 204 valence electrons. The standard InChI is InChI=1S/C30H26N2O7S/c1-3-36-19-8-5-17(6-9-19)26-25(27(33)18-7-12-22-23(15-18)39-14-13-38-22)28(34)29(35)32(26)30-31-21-11-10-20(37-4-2)16-24(21)40-30/h5-12,15-16,26,33H,3-4,13-14H2,1-2H3/b27-25+/t26-/m1/s1. The molecule has 0 spiro atoms. The zero-order valence-electron chi connectivity index (χ0n) is 21.9. The second-order valence-corrected chi connectivity index (χ2v) is 10.1. The zero-order valence-corrected chi connectivity index (χ0v) is 22.7. The fourth-order valence-corrected chi connectivity index (χ4v) is 5.88. The number of ketones is 1. The molecule has 0 bridgehead atoms. The third-order valence-electron chi connectivity index (χ3n) is 6.63. The Bertz CT molecular complexity index is 1640. The van der Waals surface area contributed by atoms with E-state index < -0.39 is 17.7 Å². The van der Waals surface area contributed by atoms with Gasteiger partial charge in [-0.05, 0) is 67.9 Å². The molecule has 40 heavy (non-hydrogen) atoms. The first-order chi connectivity index (χ1) is 19.5. The van der Waals surface area contributed by atoms with Crippen LogP contribution in [-0.4, -0.2) is 48.2 Å². The number of carbonyl (C=O) groups is 2. The summed E-state index contributed by atoms with van der Waals surface area (Å²) in [5.41, 5.74) is 1.59. The highest BCUT2D eigenvalue weighted by Gasteiger charge is 2.48. The number of carbonyl (C=O) groups excluding carboxylic acids is 2. The molecule has 0 radical (unpaired) electrons. The zero-order chi connectivity index (χ0) is 27.8. The van der Waals surface area contributed by atoms with Gasteiger partial charge in [-0.1, -0.05) is 23.5 Å². The van der Waals surface area contributed by atoms with Crippen molar-refractivity contribution in [2.24, 2.45) is 0 Å². The van der Waals surface area contributed by atoms with E-state index in [-0.39, 0.29) is 11.3 Å². The Morgan fingerprint density at radius 3 is 2.40 bits per heavy atom. The molecule has 1 fully saturated rings. The molecular weight excluding hydrogens is 532 g/mol. The number of aromatic nitrogens is 1. The van der Waals surface area contributed by atoms with E-state index in [0.717, 1.165) is 4.70 Å². The fourth-order valence-electron chi connectivity index (χ4n) is 4.86. The normalized spacial score (nSPS) is 17.9. The van der Waals surface area contributed by atoms with Crippen LogP contribution in [0.2, 0.25) is 0 Å². The summed E-state index contributed by atoms with van der Waals surface area (Å²) in [6, 6.07) is 16.6. The molecule has 0 unspecified atom stereocenters. The van der Waals surface area contributed by atoms with Crippen molar-refractivity contribution in [3.05, 3.63) is 77.4 Å². The number of hydrogen-bond donors (Lipinski definition) is 1. The molecule has 2 aliphatic rings. The lowest BCUT2D eigenvalue weighted by molar-refractivity contribution is -0.132. The summed E-state index contributed by atoms with van der Waals surface area (Å²) in [5, 5.41) is 11.8. The molecule has 3 aromatic carbocycles. The molecule has 1 aromatic heterocycles. The number of aliphatic hydroxyl groups is 1. The minimum Gasteiger partial charge on any atom is -0.507 e. The Balaban J connectivity index is 1.49. The van der Waals surface area contributed by atoms with E-state index in [4.69, 9.17) is 18.9 Å². The lowest BCUT2D eigenvalue weighted by atomic mass is 9.95. The van der Waals surface area contributed by atoms with Crippen molar-refractivity contribution in [2.45, 2.75) is 19.9 Å². The Kier molecular flexibility index (Phi) is 6.77. The number of rotatable bonds is 7. The van der Waals surface area contributed by atoms with Crippen LogP contribution in [0.3, 0.4) is 0 Å². The Morgan fingerprint density at radius 1 is 0.950 bits per heavy atom. The molecule has 1 N–H and O–H groups in total. The molecule has 0 aliphatic carbocycles. The highest BCUT2D eigenvalue weighted by Crippen LogP contribution is 2.45. The molecule has 1 atom stereocenters. The van der Waals surface area contributed by atoms with Gasteiger partial charge in [0.2, 0.25) is 0 Å². The fraction of sp³-hybridized carbons (Fsp3) is 0.233. The molecule has 1 amide bonds. The number of thiazole rings is 1. The van der Waals surface area contributed by atoms with Crippen molar-refractivity contribution in [3.63, 3.8) is 0 Å². The molecular formula is C30H26N2O7S. The quantitative estimate of drug-likeness (QED) is 0.180. The van der Waals surface area contributed by atoms with E-state index in [1.54, 1.807) is 42.5 Å². The Morgan fingerprint density at radius 2 is 1.65 bits per heavy atom. The van der Waals surface area contributed by atoms with Crippen LogP contribution in [0, 0.1) is 0 Å². The molecule has 2 aliphatic heterocycles. The summed E-state index contributed by atoms with van der Waals surface area (Å²) < 4.78 is 23.3. The van der Waals surface area contributed by atoms with Crippen molar-refractivity contribution >= 4 is 44.1 Å². The van der Waals surface area contributed by atoms with E-state index >= 15 is 0 Å². The number of amides is 1. The Labute approximate surface area is 234 Å². The third kappa shape index (κ3) is 4.50. The number of Topliss-reactive ketones (excluding diaryl/α,β-unsaturated/α-hetero) is 1. The van der Waals surface area contributed by atoms with E-state index in [1.807, 2.05) is 32.0 Å². The van der Waals surface area contributed by atoms with Gasteiger partial charge in [0, 0.05) is 5.56 Å². The largest absolute Gasteiger partial charge is 0.507 e. The van der Waals surface area contributed by atoms with Gasteiger partial charge in [0.05, 0.1) is 35.0 Å². The van der Waals surface area contributed by atoms with Gasteiger partial charge in [0.1, 0.15) is 30.5 Å². The van der Waals surface area contributed by atoms with Crippen LogP contribution in [0.15, 0.2) is 66.2 Å². The number of nitrogens with zero attached hydrogens (tertiary/aromatic N) is 2. The maximum absolute atomic E-state index is 13.6. The number of ether oxygens (including phenoxy) is 4. The lowest BCUT2D eigenvalue weighted by Crippen LogP contribution is -2.29. The highest BCUT2D eigenvalue weighted by molar-refractivity contribution is 7.22. The van der Waals surface area contributed by atoms with Crippen LogP contribution in [0.5, 0.6) is 23.0 Å². The first-order valence-electron chi connectivity index (χ1n) is 13.0. The molecule has 0 saturated carbocycles. The van der Waals surface area contributed by atoms with Crippen molar-refractivity contribution in [3.8, 4) is 23.0 Å². The average Bonchev–Trinajstić information content (AvgIpc) is 3.50. The van der Waals surface area contributed by atoms with Crippen LogP contribution in [-0.2, 0) is 9.59 Å². The highest BCUT2D eigenvalue weighted by atomic mass is 32.1. The van der Waals surface area contributed by atoms with Crippen LogP contribution in [0.25, 0.3) is 16.0 Å². The van der Waals surface area contributed by atoms with Gasteiger partial charge < -0.3 is 24.1 Å². The van der Waals surface area contributed by atoms with Crippen molar-refractivity contribution in [2.75, 3.05) is 31.3 Å². The number of aliphatic hydroxyl groups excluding tert-OH is 1. The van der Waals surface area contributed by atoms with Gasteiger partial charge in [-0.25, -0.2) is 4.98 Å². The smallest absolute Gasteiger partial charge is 0.301 e. The number of anilines is 1. The van der Waals surface area contributed by atoms with Gasteiger partial charge in [0.15, 0.2) is 16.6 Å². The predicted octanol–water partition coefficient (Wildman–Crippen LogP) is 5.49. The van der Waals surface area contributed by atoms with Crippen molar-refractivity contribution in [1.29, 1.82) is 0 Å². The molecule has 6 rings (SSSR count). The SMILES string of the molecule is CCOc1ccc([C@@H]2/C(=C(\O)c3ccc4c(c3)OCCO4)C(=O)C(=O)N2c2nc3ccc(OCC)cc3s2)cc1. The summed E-state index contributed by atoms with van der Waals surface area (Å²) in [6.07, 6.45) is 0. The Hall–Kier alpha value is -4.57. The van der Waals surface area contributed by atoms with Crippen LogP contribution >= 0.6 is 11.3 Å². The van der Waals surface area contributed by atoms with Gasteiger partial charge in [-0.3, -0.25) is 14.5 Å². The minimum atomic E-state index is -0.921. The van der Waals surface area contributed by atoms with E-state index in [9.17, 15) is 14.7 Å². The van der Waals surface area contributed by atoms with Gasteiger partial charge in [-0.2, -0.15) is 0 Å². The number of benzene rings is 3. The van der Waals surface area contributed by atoms with Crippen LogP contribution in [0.1, 0.15) is 31.0 Å². The van der Waals surface area contributed by atoms with Crippen LogP contribution in [0.4, 0.5) is 5.13 Å². The van der Waals surface area contributed by atoms with E-state index in [0.29, 0.717) is 71.2 Å². The van der Waals surface area contributed by atoms with E-state index in [2.05, 4.69) is 4.98 Å². The molecule has 4 aromatic rings. The molecule has 3 heterocycles. The first kappa shape index (κ1) is 25.7. The summed E-state index contributed by atoms with van der Waals surface area (Å²) in [4.78, 5) is 33.2. The third-order valence-corrected chi connectivity index (χ3v) is 7.65. The summed E-state index contributed by atoms with van der Waals surface area (Å²) in [6.45, 7) is 5.60. The van der Waals surface area contributed by atoms with Crippen molar-refractivity contribution < 1.29 is 33.6 Å². The molecule has 9 nitrogen and oxygen atoms in total. The number of hydrogen-bond acceptors (Lipinski definition) is 9. The lowest BCUT2D eigenvalue weighted by Gasteiger charge is -2.23. The first-order valence-corrected chi connectivity index (χ1v) is 13.8. The average molecular weight is 559 g/mol. The topological polar surface area (TPSA) is 107 Å². The maximum Gasteiger partial charge on any atom is 0.301 e.